The molecular formula is C16H24ClNO3. The predicted molar refractivity (Wildman–Crippen MR) is 84.6 cm³/mol. The number of amides is 1. The van der Waals surface area contributed by atoms with Gasteiger partial charge in [0.15, 0.2) is 6.10 Å². The highest BCUT2D eigenvalue weighted by atomic mass is 35.5. The molecule has 0 aliphatic rings. The molecule has 0 fully saturated rings. The summed E-state index contributed by atoms with van der Waals surface area (Å²) in [6, 6.07) is 7.05. The van der Waals surface area contributed by atoms with Crippen LogP contribution in [0.4, 0.5) is 0 Å². The first-order valence-electron chi connectivity index (χ1n) is 7.08. The summed E-state index contributed by atoms with van der Waals surface area (Å²) < 4.78 is 5.56. The molecule has 2 unspecified atom stereocenters. The van der Waals surface area contributed by atoms with Gasteiger partial charge in [0.2, 0.25) is 0 Å². The smallest absolute Gasteiger partial charge is 0.260 e. The lowest BCUT2D eigenvalue weighted by Gasteiger charge is -2.27. The second-order valence-corrected chi connectivity index (χ2v) is 6.53. The van der Waals surface area contributed by atoms with Crippen molar-refractivity contribution in [3.63, 3.8) is 0 Å². The van der Waals surface area contributed by atoms with Gasteiger partial charge >= 0.3 is 0 Å². The zero-order valence-electron chi connectivity index (χ0n) is 13.0. The van der Waals surface area contributed by atoms with Crippen LogP contribution in [0.5, 0.6) is 5.75 Å². The van der Waals surface area contributed by atoms with Crippen LogP contribution < -0.4 is 10.1 Å². The van der Waals surface area contributed by atoms with Gasteiger partial charge < -0.3 is 15.2 Å². The van der Waals surface area contributed by atoms with E-state index >= 15 is 0 Å². The van der Waals surface area contributed by atoms with E-state index < -0.39 is 12.2 Å². The van der Waals surface area contributed by atoms with E-state index in [1.165, 1.54) is 0 Å². The first-order chi connectivity index (χ1) is 9.71. The summed E-state index contributed by atoms with van der Waals surface area (Å²) in [5.74, 6) is 0.290. The maximum Gasteiger partial charge on any atom is 0.260 e. The highest BCUT2D eigenvalue weighted by Crippen LogP contribution is 2.24. The number of benzene rings is 1. The molecule has 0 saturated carbocycles. The van der Waals surface area contributed by atoms with E-state index in [1.807, 2.05) is 13.8 Å². The molecule has 1 aromatic rings. The molecule has 1 amide bonds. The Morgan fingerprint density at radius 1 is 1.38 bits per heavy atom. The summed E-state index contributed by atoms with van der Waals surface area (Å²) in [5, 5.41) is 12.8. The molecule has 0 spiro atoms. The summed E-state index contributed by atoms with van der Waals surface area (Å²) in [6.07, 6.45) is -0.409. The van der Waals surface area contributed by atoms with Crippen LogP contribution in [0.2, 0.25) is 5.02 Å². The number of carbonyl (C=O) groups excluding carboxylic acids is 1. The van der Waals surface area contributed by atoms with Gasteiger partial charge in [-0.25, -0.2) is 0 Å². The number of ether oxygens (including phenoxy) is 1. The van der Waals surface area contributed by atoms with Crippen molar-refractivity contribution >= 4 is 17.5 Å². The van der Waals surface area contributed by atoms with E-state index in [2.05, 4.69) is 5.32 Å². The highest BCUT2D eigenvalue weighted by Gasteiger charge is 2.23. The summed E-state index contributed by atoms with van der Waals surface area (Å²) in [4.78, 5) is 12.0. The topological polar surface area (TPSA) is 58.6 Å². The molecular weight excluding hydrogens is 290 g/mol. The SMILES string of the molecule is CC(O)CC(C)(C)CNC(=O)C(C)Oc1ccccc1Cl. The Hall–Kier alpha value is -1.26. The largest absolute Gasteiger partial charge is 0.479 e. The lowest BCUT2D eigenvalue weighted by molar-refractivity contribution is -0.127. The van der Waals surface area contributed by atoms with Gasteiger partial charge in [0.05, 0.1) is 11.1 Å². The maximum absolute atomic E-state index is 12.0. The number of nitrogens with one attached hydrogen (secondary N) is 1. The average molecular weight is 314 g/mol. The summed E-state index contributed by atoms with van der Waals surface area (Å²) in [6.45, 7) is 7.90. The Balaban J connectivity index is 2.50. The Bertz CT molecular complexity index is 474. The first kappa shape index (κ1) is 17.8. The van der Waals surface area contributed by atoms with Crippen molar-refractivity contribution in [1.29, 1.82) is 0 Å². The number of hydrogen-bond donors (Lipinski definition) is 2. The minimum Gasteiger partial charge on any atom is -0.479 e. The number of halogens is 1. The van der Waals surface area contributed by atoms with Gasteiger partial charge in [0, 0.05) is 6.54 Å². The minimum atomic E-state index is -0.632. The quantitative estimate of drug-likeness (QED) is 0.813. The van der Waals surface area contributed by atoms with Crippen LogP contribution >= 0.6 is 11.6 Å². The van der Waals surface area contributed by atoms with Crippen LogP contribution in [0, 0.1) is 5.41 Å². The van der Waals surface area contributed by atoms with Crippen molar-refractivity contribution in [3.05, 3.63) is 29.3 Å². The van der Waals surface area contributed by atoms with E-state index in [0.29, 0.717) is 23.7 Å². The molecule has 0 aliphatic carbocycles. The molecule has 0 saturated heterocycles. The third-order valence-electron chi connectivity index (χ3n) is 3.10. The molecule has 0 aromatic heterocycles. The summed E-state index contributed by atoms with van der Waals surface area (Å²) in [5.41, 5.74) is -0.173. The van der Waals surface area contributed by atoms with Crippen molar-refractivity contribution in [2.24, 2.45) is 5.41 Å². The van der Waals surface area contributed by atoms with Crippen LogP contribution in [-0.2, 0) is 4.79 Å². The standard InChI is InChI=1S/C16H24ClNO3/c1-11(19)9-16(3,4)10-18-15(20)12(2)21-14-8-6-5-7-13(14)17/h5-8,11-12,19H,9-10H2,1-4H3,(H,18,20). The predicted octanol–water partition coefficient (Wildman–Crippen LogP) is 3.02. The molecule has 2 atom stereocenters. The van der Waals surface area contributed by atoms with Gasteiger partial charge in [-0.2, -0.15) is 0 Å². The molecule has 118 valence electrons. The number of hydrogen-bond acceptors (Lipinski definition) is 3. The number of para-hydroxylation sites is 1. The number of carbonyl (C=O) groups is 1. The summed E-state index contributed by atoms with van der Waals surface area (Å²) >= 11 is 6.00. The van der Waals surface area contributed by atoms with Crippen molar-refractivity contribution in [2.45, 2.75) is 46.3 Å². The average Bonchev–Trinajstić information content (AvgIpc) is 2.37. The molecule has 5 heteroatoms. The normalized spacial score (nSPS) is 14.4. The maximum atomic E-state index is 12.0. The van der Waals surface area contributed by atoms with Gasteiger partial charge in [0.1, 0.15) is 5.75 Å². The van der Waals surface area contributed by atoms with Crippen LogP contribution in [-0.4, -0.2) is 29.8 Å². The molecule has 0 heterocycles. The van der Waals surface area contributed by atoms with Crippen LogP contribution in [0.15, 0.2) is 24.3 Å². The van der Waals surface area contributed by atoms with Gasteiger partial charge in [-0.15, -0.1) is 0 Å². The van der Waals surface area contributed by atoms with Gasteiger partial charge in [0.25, 0.3) is 5.91 Å². The fourth-order valence-electron chi connectivity index (χ4n) is 2.13. The van der Waals surface area contributed by atoms with Crippen molar-refractivity contribution in [3.8, 4) is 5.75 Å². The van der Waals surface area contributed by atoms with Crippen molar-refractivity contribution < 1.29 is 14.6 Å². The Morgan fingerprint density at radius 2 is 2.00 bits per heavy atom. The second kappa shape index (κ2) is 7.66. The van der Waals surface area contributed by atoms with E-state index in [9.17, 15) is 9.90 Å². The third-order valence-corrected chi connectivity index (χ3v) is 3.41. The minimum absolute atomic E-state index is 0.173. The van der Waals surface area contributed by atoms with Crippen molar-refractivity contribution in [1.82, 2.24) is 5.32 Å². The Labute approximate surface area is 131 Å². The molecule has 21 heavy (non-hydrogen) atoms. The zero-order chi connectivity index (χ0) is 16.0. The fourth-order valence-corrected chi connectivity index (χ4v) is 2.31. The van der Waals surface area contributed by atoms with E-state index in [0.717, 1.165) is 0 Å². The first-order valence-corrected chi connectivity index (χ1v) is 7.46. The Kier molecular flexibility index (Phi) is 6.49. The van der Waals surface area contributed by atoms with E-state index in [1.54, 1.807) is 38.1 Å². The highest BCUT2D eigenvalue weighted by molar-refractivity contribution is 6.32. The fraction of sp³-hybridized carbons (Fsp3) is 0.562. The summed E-state index contributed by atoms with van der Waals surface area (Å²) in [7, 11) is 0. The third kappa shape index (κ3) is 6.36. The molecule has 1 aromatic carbocycles. The van der Waals surface area contributed by atoms with E-state index in [4.69, 9.17) is 16.3 Å². The van der Waals surface area contributed by atoms with Gasteiger partial charge in [-0.1, -0.05) is 37.6 Å². The number of aliphatic hydroxyl groups excluding tert-OH is 1. The van der Waals surface area contributed by atoms with Crippen LogP contribution in [0.1, 0.15) is 34.1 Å². The lowest BCUT2D eigenvalue weighted by Crippen LogP contribution is -2.42. The number of aliphatic hydroxyl groups is 1. The second-order valence-electron chi connectivity index (χ2n) is 6.13. The lowest BCUT2D eigenvalue weighted by atomic mass is 9.87. The molecule has 2 N–H and O–H groups in total. The van der Waals surface area contributed by atoms with E-state index in [-0.39, 0.29) is 11.3 Å². The Morgan fingerprint density at radius 3 is 2.57 bits per heavy atom. The molecule has 0 aliphatic heterocycles. The zero-order valence-corrected chi connectivity index (χ0v) is 13.8. The van der Waals surface area contributed by atoms with Crippen LogP contribution in [0.25, 0.3) is 0 Å². The molecule has 4 nitrogen and oxygen atoms in total. The number of rotatable bonds is 7. The van der Waals surface area contributed by atoms with Crippen molar-refractivity contribution in [2.75, 3.05) is 6.54 Å². The monoisotopic (exact) mass is 313 g/mol. The van der Waals surface area contributed by atoms with Gasteiger partial charge in [-0.3, -0.25) is 4.79 Å². The molecule has 0 radical (unpaired) electrons. The molecule has 1 rings (SSSR count). The molecule has 0 bridgehead atoms. The van der Waals surface area contributed by atoms with Gasteiger partial charge in [-0.05, 0) is 37.8 Å². The van der Waals surface area contributed by atoms with Crippen LogP contribution in [0.3, 0.4) is 0 Å².